The monoisotopic (exact) mass is 486 g/mol. The third-order valence-electron chi connectivity index (χ3n) is 6.68. The largest absolute Gasteiger partial charge is 0.494 e. The third-order valence-corrected chi connectivity index (χ3v) is 6.68. The predicted molar refractivity (Wildman–Crippen MR) is 141 cm³/mol. The Bertz CT molecular complexity index is 1210. The van der Waals surface area contributed by atoms with Crippen LogP contribution in [0.15, 0.2) is 71.8 Å². The first-order valence-corrected chi connectivity index (χ1v) is 12.9. The molecule has 36 heavy (non-hydrogen) atoms. The minimum absolute atomic E-state index is 0.0949. The van der Waals surface area contributed by atoms with Crippen LogP contribution < -0.4 is 18.9 Å². The molecule has 0 saturated carbocycles. The molecule has 188 valence electrons. The fraction of sp³-hybridized carbons (Fsp3) is 0.367. The smallest absolute Gasteiger partial charge is 0.214 e. The fourth-order valence-corrected chi connectivity index (χ4v) is 4.83. The molecule has 2 aliphatic rings. The Labute approximate surface area is 213 Å². The molecular formula is C30H34N2O4. The summed E-state index contributed by atoms with van der Waals surface area (Å²) in [5, 5.41) is 7.16. The summed E-state index contributed by atoms with van der Waals surface area (Å²) in [5.41, 5.74) is 4.26. The molecule has 2 heterocycles. The zero-order valence-corrected chi connectivity index (χ0v) is 21.3. The average molecular weight is 487 g/mol. The number of hydrazone groups is 1. The molecule has 0 radical (unpaired) electrons. The molecule has 0 N–H and O–H groups in total. The van der Waals surface area contributed by atoms with Crippen molar-refractivity contribution in [2.24, 2.45) is 5.10 Å². The summed E-state index contributed by atoms with van der Waals surface area (Å²) in [6, 6.07) is 22.6. The number of rotatable bonds is 10. The second kappa shape index (κ2) is 10.9. The van der Waals surface area contributed by atoms with Gasteiger partial charge in [0.05, 0.1) is 32.1 Å². The van der Waals surface area contributed by atoms with Gasteiger partial charge in [-0.15, -0.1) is 0 Å². The maximum absolute atomic E-state index is 6.52. The second-order valence-electron chi connectivity index (χ2n) is 9.08. The fourth-order valence-electron chi connectivity index (χ4n) is 4.83. The van der Waals surface area contributed by atoms with Gasteiger partial charge in [-0.2, -0.15) is 5.10 Å². The molecule has 0 spiro atoms. The van der Waals surface area contributed by atoms with Crippen molar-refractivity contribution >= 4 is 5.71 Å². The van der Waals surface area contributed by atoms with Crippen molar-refractivity contribution in [2.75, 3.05) is 20.3 Å². The Morgan fingerprint density at radius 2 is 1.78 bits per heavy atom. The number of hydrogen-bond acceptors (Lipinski definition) is 6. The normalized spacial score (nSPS) is 18.1. The van der Waals surface area contributed by atoms with E-state index < -0.39 is 0 Å². The number of methoxy groups -OCH3 is 1. The van der Waals surface area contributed by atoms with E-state index in [1.165, 1.54) is 0 Å². The van der Waals surface area contributed by atoms with Crippen LogP contribution in [-0.4, -0.2) is 31.0 Å². The number of ether oxygens (including phenoxy) is 4. The van der Waals surface area contributed by atoms with Gasteiger partial charge < -0.3 is 18.9 Å². The summed E-state index contributed by atoms with van der Waals surface area (Å²) in [6.45, 7) is 5.51. The molecule has 2 aliphatic heterocycles. The van der Waals surface area contributed by atoms with Crippen molar-refractivity contribution in [2.45, 2.75) is 51.8 Å². The average Bonchev–Trinajstić information content (AvgIpc) is 3.37. The van der Waals surface area contributed by atoms with Gasteiger partial charge in [-0.25, -0.2) is 5.01 Å². The van der Waals surface area contributed by atoms with E-state index in [0.717, 1.165) is 65.3 Å². The van der Waals surface area contributed by atoms with Crippen molar-refractivity contribution in [1.82, 2.24) is 5.01 Å². The van der Waals surface area contributed by atoms with Crippen molar-refractivity contribution in [3.63, 3.8) is 0 Å². The van der Waals surface area contributed by atoms with Gasteiger partial charge in [-0.3, -0.25) is 0 Å². The van der Waals surface area contributed by atoms with Crippen LogP contribution in [0.3, 0.4) is 0 Å². The Balaban J connectivity index is 1.45. The molecule has 0 fully saturated rings. The van der Waals surface area contributed by atoms with Crippen molar-refractivity contribution in [3.05, 3.63) is 83.4 Å². The van der Waals surface area contributed by atoms with Crippen LogP contribution in [0.5, 0.6) is 23.0 Å². The van der Waals surface area contributed by atoms with Gasteiger partial charge in [-0.05, 0) is 67.4 Å². The van der Waals surface area contributed by atoms with Crippen LogP contribution >= 0.6 is 0 Å². The van der Waals surface area contributed by atoms with Crippen molar-refractivity contribution < 1.29 is 18.9 Å². The van der Waals surface area contributed by atoms with Crippen LogP contribution in [0.25, 0.3) is 0 Å². The molecule has 5 rings (SSSR count). The van der Waals surface area contributed by atoms with E-state index >= 15 is 0 Å². The molecule has 3 aromatic carbocycles. The van der Waals surface area contributed by atoms with E-state index in [-0.39, 0.29) is 12.3 Å². The first-order valence-electron chi connectivity index (χ1n) is 12.9. The highest BCUT2D eigenvalue weighted by Crippen LogP contribution is 2.48. The summed E-state index contributed by atoms with van der Waals surface area (Å²) in [4.78, 5) is 0. The van der Waals surface area contributed by atoms with Crippen LogP contribution in [0, 0.1) is 0 Å². The molecule has 0 unspecified atom stereocenters. The highest BCUT2D eigenvalue weighted by molar-refractivity contribution is 6.02. The van der Waals surface area contributed by atoms with Gasteiger partial charge in [0.15, 0.2) is 11.5 Å². The van der Waals surface area contributed by atoms with Gasteiger partial charge >= 0.3 is 0 Å². The zero-order valence-electron chi connectivity index (χ0n) is 21.3. The Kier molecular flexibility index (Phi) is 7.31. The summed E-state index contributed by atoms with van der Waals surface area (Å²) >= 11 is 0. The lowest BCUT2D eigenvalue weighted by Crippen LogP contribution is -2.33. The summed E-state index contributed by atoms with van der Waals surface area (Å²) in [5.74, 6) is 3.22. The molecule has 0 aromatic heterocycles. The maximum Gasteiger partial charge on any atom is 0.214 e. The Morgan fingerprint density at radius 3 is 2.56 bits per heavy atom. The molecule has 0 aliphatic carbocycles. The standard InChI is InChI=1S/C30H34N2O4/c1-4-6-9-18-35-28-17-14-22(19-29(28)33-3)30-32-26(24-10-7-8-11-27(24)36-30)20-25(31-32)21-12-15-23(16-13-21)34-5-2/h7-8,10-17,19,26,30H,4-6,9,18,20H2,1-3H3/t26-,30-/m1/s1. The summed E-state index contributed by atoms with van der Waals surface area (Å²) in [7, 11) is 1.68. The zero-order chi connectivity index (χ0) is 24.9. The van der Waals surface area contributed by atoms with Crippen LogP contribution in [0.2, 0.25) is 0 Å². The van der Waals surface area contributed by atoms with E-state index in [1.807, 2.05) is 43.3 Å². The van der Waals surface area contributed by atoms with Gasteiger partial charge in [-0.1, -0.05) is 38.0 Å². The van der Waals surface area contributed by atoms with E-state index in [4.69, 9.17) is 24.0 Å². The van der Waals surface area contributed by atoms with E-state index in [2.05, 4.69) is 42.3 Å². The number of nitrogens with zero attached hydrogens (tertiary/aromatic N) is 2. The number of fused-ring (bicyclic) bond motifs is 3. The number of hydrogen-bond donors (Lipinski definition) is 0. The van der Waals surface area contributed by atoms with Gasteiger partial charge in [0.2, 0.25) is 6.23 Å². The predicted octanol–water partition coefficient (Wildman–Crippen LogP) is 6.91. The highest BCUT2D eigenvalue weighted by atomic mass is 16.5. The van der Waals surface area contributed by atoms with Gasteiger partial charge in [0.1, 0.15) is 11.5 Å². The third kappa shape index (κ3) is 4.85. The Morgan fingerprint density at radius 1 is 0.944 bits per heavy atom. The van der Waals surface area contributed by atoms with E-state index in [9.17, 15) is 0 Å². The number of para-hydroxylation sites is 1. The lowest BCUT2D eigenvalue weighted by Gasteiger charge is -2.38. The van der Waals surface area contributed by atoms with Gasteiger partial charge in [0, 0.05) is 17.5 Å². The quantitative estimate of drug-likeness (QED) is 0.292. The minimum Gasteiger partial charge on any atom is -0.494 e. The maximum atomic E-state index is 6.52. The first-order chi connectivity index (χ1) is 17.7. The molecular weight excluding hydrogens is 452 g/mol. The van der Waals surface area contributed by atoms with Crippen molar-refractivity contribution in [3.8, 4) is 23.0 Å². The van der Waals surface area contributed by atoms with Crippen LogP contribution in [0.1, 0.15) is 68.5 Å². The van der Waals surface area contributed by atoms with Crippen LogP contribution in [-0.2, 0) is 0 Å². The lowest BCUT2D eigenvalue weighted by atomic mass is 9.96. The van der Waals surface area contributed by atoms with E-state index in [1.54, 1.807) is 7.11 Å². The minimum atomic E-state index is -0.367. The van der Waals surface area contributed by atoms with Gasteiger partial charge in [0.25, 0.3) is 0 Å². The summed E-state index contributed by atoms with van der Waals surface area (Å²) < 4.78 is 23.8. The topological polar surface area (TPSA) is 52.5 Å². The molecule has 0 amide bonds. The first kappa shape index (κ1) is 24.0. The number of unbranched alkanes of at least 4 members (excludes halogenated alkanes) is 2. The molecule has 2 atom stereocenters. The van der Waals surface area contributed by atoms with Crippen molar-refractivity contribution in [1.29, 1.82) is 0 Å². The molecule has 3 aromatic rings. The lowest BCUT2D eigenvalue weighted by molar-refractivity contribution is -0.0191. The summed E-state index contributed by atoms with van der Waals surface area (Å²) in [6.07, 6.45) is 3.79. The molecule has 6 heteroatoms. The Hall–Kier alpha value is -3.67. The molecule has 0 saturated heterocycles. The molecule has 0 bridgehead atoms. The highest BCUT2D eigenvalue weighted by Gasteiger charge is 2.41. The van der Waals surface area contributed by atoms with Crippen LogP contribution in [0.4, 0.5) is 0 Å². The SMILES string of the molecule is CCCCCOc1ccc([C@H]2Oc3ccccc3[C@H]3CC(c4ccc(OCC)cc4)=NN32)cc1OC. The van der Waals surface area contributed by atoms with E-state index in [0.29, 0.717) is 19.0 Å². The molecule has 6 nitrogen and oxygen atoms in total. The second-order valence-corrected chi connectivity index (χ2v) is 9.08. The number of benzene rings is 3.